The van der Waals surface area contributed by atoms with E-state index in [0.717, 1.165) is 32.9 Å². The molecule has 2 aromatic rings. The number of fused-ring (bicyclic) bond motifs is 1. The first-order chi connectivity index (χ1) is 10.2. The van der Waals surface area contributed by atoms with E-state index in [9.17, 15) is 4.79 Å². The van der Waals surface area contributed by atoms with Crippen molar-refractivity contribution >= 4 is 33.2 Å². The fourth-order valence-corrected chi connectivity index (χ4v) is 3.58. The average Bonchev–Trinajstić information content (AvgIpc) is 2.93. The Bertz CT molecular complexity index is 687. The first-order valence-corrected chi connectivity index (χ1v) is 8.33. The molecule has 0 aromatic carbocycles. The predicted molar refractivity (Wildman–Crippen MR) is 84.4 cm³/mol. The topological polar surface area (TPSA) is 64.1 Å². The Kier molecular flexibility index (Phi) is 4.32. The molecule has 1 aliphatic heterocycles. The van der Waals surface area contributed by atoms with Crippen LogP contribution in [0.1, 0.15) is 28.7 Å². The molecule has 0 spiro atoms. The SMILES string of the molecule is CCOC(=O)c1nc(-c2ccc(Br)s2)nc2c1CNCC2. The van der Waals surface area contributed by atoms with E-state index < -0.39 is 0 Å². The Morgan fingerprint density at radius 3 is 3.05 bits per heavy atom. The molecule has 0 bridgehead atoms. The van der Waals surface area contributed by atoms with Crippen LogP contribution >= 0.6 is 27.3 Å². The van der Waals surface area contributed by atoms with Crippen LogP contribution < -0.4 is 5.32 Å². The van der Waals surface area contributed by atoms with E-state index in [4.69, 9.17) is 4.74 Å². The molecule has 110 valence electrons. The Morgan fingerprint density at radius 1 is 1.48 bits per heavy atom. The van der Waals surface area contributed by atoms with Crippen LogP contribution in [-0.4, -0.2) is 29.1 Å². The molecule has 0 fully saturated rings. The lowest BCUT2D eigenvalue weighted by molar-refractivity contribution is 0.0517. The summed E-state index contributed by atoms with van der Waals surface area (Å²) in [6.07, 6.45) is 0.795. The highest BCUT2D eigenvalue weighted by molar-refractivity contribution is 9.11. The molecule has 3 rings (SSSR count). The molecule has 21 heavy (non-hydrogen) atoms. The molecule has 1 aliphatic rings. The number of ether oxygens (including phenoxy) is 1. The highest BCUT2D eigenvalue weighted by atomic mass is 79.9. The van der Waals surface area contributed by atoms with Crippen molar-refractivity contribution in [3.63, 3.8) is 0 Å². The molecule has 0 radical (unpaired) electrons. The first-order valence-electron chi connectivity index (χ1n) is 6.72. The number of nitrogens with zero attached hydrogens (tertiary/aromatic N) is 2. The van der Waals surface area contributed by atoms with Gasteiger partial charge in [0, 0.05) is 25.1 Å². The van der Waals surface area contributed by atoms with Gasteiger partial charge < -0.3 is 10.1 Å². The van der Waals surface area contributed by atoms with Gasteiger partial charge in [-0.3, -0.25) is 0 Å². The van der Waals surface area contributed by atoms with Crippen molar-refractivity contribution in [2.24, 2.45) is 0 Å². The van der Waals surface area contributed by atoms with Gasteiger partial charge in [-0.15, -0.1) is 11.3 Å². The second kappa shape index (κ2) is 6.21. The van der Waals surface area contributed by atoms with Crippen molar-refractivity contribution in [1.29, 1.82) is 0 Å². The van der Waals surface area contributed by atoms with Crippen LogP contribution in [0.3, 0.4) is 0 Å². The first kappa shape index (κ1) is 14.6. The number of nitrogens with one attached hydrogen (secondary N) is 1. The van der Waals surface area contributed by atoms with Crippen LogP contribution in [0.5, 0.6) is 0 Å². The summed E-state index contributed by atoms with van der Waals surface area (Å²) in [7, 11) is 0. The van der Waals surface area contributed by atoms with E-state index in [1.807, 2.05) is 12.1 Å². The maximum atomic E-state index is 12.2. The number of hydrogen-bond donors (Lipinski definition) is 1. The fourth-order valence-electron chi connectivity index (χ4n) is 2.26. The van der Waals surface area contributed by atoms with Gasteiger partial charge in [0.1, 0.15) is 0 Å². The normalized spacial score (nSPS) is 13.8. The summed E-state index contributed by atoms with van der Waals surface area (Å²) in [5.41, 5.74) is 2.18. The van der Waals surface area contributed by atoms with Crippen molar-refractivity contribution in [1.82, 2.24) is 15.3 Å². The zero-order valence-electron chi connectivity index (χ0n) is 11.5. The summed E-state index contributed by atoms with van der Waals surface area (Å²) in [4.78, 5) is 22.2. The molecule has 0 atom stereocenters. The largest absolute Gasteiger partial charge is 0.461 e. The number of carbonyl (C=O) groups excluding carboxylic acids is 1. The molecule has 5 nitrogen and oxygen atoms in total. The van der Waals surface area contributed by atoms with Crippen LogP contribution in [0.2, 0.25) is 0 Å². The smallest absolute Gasteiger partial charge is 0.357 e. The Balaban J connectivity index is 2.10. The van der Waals surface area contributed by atoms with E-state index in [0.29, 0.717) is 24.7 Å². The fraction of sp³-hybridized carbons (Fsp3) is 0.357. The number of halogens is 1. The highest BCUT2D eigenvalue weighted by Crippen LogP contribution is 2.30. The monoisotopic (exact) mass is 367 g/mol. The van der Waals surface area contributed by atoms with E-state index in [1.54, 1.807) is 18.3 Å². The summed E-state index contributed by atoms with van der Waals surface area (Å²) in [6.45, 7) is 3.60. The maximum absolute atomic E-state index is 12.2. The van der Waals surface area contributed by atoms with Crippen molar-refractivity contribution in [2.45, 2.75) is 19.9 Å². The third-order valence-corrected chi connectivity index (χ3v) is 4.82. The van der Waals surface area contributed by atoms with Crippen LogP contribution in [0.15, 0.2) is 15.9 Å². The zero-order valence-corrected chi connectivity index (χ0v) is 13.9. The van der Waals surface area contributed by atoms with Gasteiger partial charge in [-0.2, -0.15) is 0 Å². The Labute approximate surface area is 134 Å². The second-order valence-electron chi connectivity index (χ2n) is 4.57. The number of carbonyl (C=O) groups is 1. The highest BCUT2D eigenvalue weighted by Gasteiger charge is 2.23. The summed E-state index contributed by atoms with van der Waals surface area (Å²) in [5, 5.41) is 3.25. The minimum atomic E-state index is -0.378. The van der Waals surface area contributed by atoms with Gasteiger partial charge in [-0.1, -0.05) is 0 Å². The molecule has 0 aliphatic carbocycles. The molecule has 0 saturated carbocycles. The number of rotatable bonds is 3. The van der Waals surface area contributed by atoms with E-state index in [-0.39, 0.29) is 5.97 Å². The quantitative estimate of drug-likeness (QED) is 0.845. The lowest BCUT2D eigenvalue weighted by Gasteiger charge is -2.19. The van der Waals surface area contributed by atoms with Crippen molar-refractivity contribution in [3.8, 4) is 10.7 Å². The molecule has 1 N–H and O–H groups in total. The lowest BCUT2D eigenvalue weighted by Crippen LogP contribution is -2.28. The van der Waals surface area contributed by atoms with Crippen molar-refractivity contribution in [2.75, 3.05) is 13.2 Å². The second-order valence-corrected chi connectivity index (χ2v) is 7.04. The molecule has 0 amide bonds. The summed E-state index contributed by atoms with van der Waals surface area (Å²) in [6, 6.07) is 3.90. The third kappa shape index (κ3) is 3.00. The Morgan fingerprint density at radius 2 is 2.33 bits per heavy atom. The van der Waals surface area contributed by atoms with Crippen LogP contribution in [0, 0.1) is 0 Å². The molecule has 0 unspecified atom stereocenters. The number of aromatic nitrogens is 2. The van der Waals surface area contributed by atoms with E-state index in [1.165, 1.54) is 0 Å². The van der Waals surface area contributed by atoms with Crippen LogP contribution in [-0.2, 0) is 17.7 Å². The van der Waals surface area contributed by atoms with Gasteiger partial charge >= 0.3 is 5.97 Å². The van der Waals surface area contributed by atoms with Crippen molar-refractivity contribution in [3.05, 3.63) is 32.9 Å². The average molecular weight is 368 g/mol. The van der Waals surface area contributed by atoms with Gasteiger partial charge in [0.25, 0.3) is 0 Å². The predicted octanol–water partition coefficient (Wildman–Crippen LogP) is 2.79. The van der Waals surface area contributed by atoms with Crippen LogP contribution in [0.25, 0.3) is 10.7 Å². The summed E-state index contributed by atoms with van der Waals surface area (Å²) >= 11 is 4.99. The minimum absolute atomic E-state index is 0.338. The van der Waals surface area contributed by atoms with Gasteiger partial charge in [-0.05, 0) is 35.0 Å². The molecule has 0 saturated heterocycles. The summed E-state index contributed by atoms with van der Waals surface area (Å²) < 4.78 is 6.14. The maximum Gasteiger partial charge on any atom is 0.357 e. The zero-order chi connectivity index (χ0) is 14.8. The lowest BCUT2D eigenvalue weighted by atomic mass is 10.1. The van der Waals surface area contributed by atoms with Gasteiger partial charge in [0.05, 0.1) is 21.0 Å². The third-order valence-electron chi connectivity index (χ3n) is 3.20. The van der Waals surface area contributed by atoms with Crippen LogP contribution in [0.4, 0.5) is 0 Å². The number of hydrogen-bond acceptors (Lipinski definition) is 6. The molecule has 3 heterocycles. The van der Waals surface area contributed by atoms with E-state index >= 15 is 0 Å². The molecule has 7 heteroatoms. The van der Waals surface area contributed by atoms with Crippen molar-refractivity contribution < 1.29 is 9.53 Å². The Hall–Kier alpha value is -1.31. The number of esters is 1. The molecule has 2 aromatic heterocycles. The van der Waals surface area contributed by atoms with Gasteiger partial charge in [0.15, 0.2) is 11.5 Å². The van der Waals surface area contributed by atoms with Gasteiger partial charge in [0.2, 0.25) is 0 Å². The standard InChI is InChI=1S/C14H14BrN3O2S/c1-2-20-14(19)12-8-7-16-6-5-9(8)17-13(18-12)10-3-4-11(15)21-10/h3-4,16H,2,5-7H2,1H3. The minimum Gasteiger partial charge on any atom is -0.461 e. The van der Waals surface area contributed by atoms with E-state index in [2.05, 4.69) is 31.2 Å². The van der Waals surface area contributed by atoms with Gasteiger partial charge in [-0.25, -0.2) is 14.8 Å². The molecular formula is C14H14BrN3O2S. The molecular weight excluding hydrogens is 354 g/mol. The summed E-state index contributed by atoms with van der Waals surface area (Å²) in [5.74, 6) is 0.214. The number of thiophene rings is 1.